The molecule has 8 nitrogen and oxygen atoms in total. The highest BCUT2D eigenvalue weighted by Gasteiger charge is 2.48. The largest absolute Gasteiger partial charge is 0.324 e. The molecule has 2 heterocycles. The smallest absolute Gasteiger partial charge is 0.266 e. The van der Waals surface area contributed by atoms with Crippen LogP contribution in [0, 0.1) is 11.8 Å². The van der Waals surface area contributed by atoms with Gasteiger partial charge in [-0.25, -0.2) is 4.90 Å². The van der Waals surface area contributed by atoms with E-state index in [1.165, 1.54) is 6.07 Å². The van der Waals surface area contributed by atoms with Gasteiger partial charge < -0.3 is 5.32 Å². The van der Waals surface area contributed by atoms with Gasteiger partial charge in [-0.15, -0.1) is 0 Å². The molecule has 162 valence electrons. The summed E-state index contributed by atoms with van der Waals surface area (Å²) in [7, 11) is 0. The van der Waals surface area contributed by atoms with Gasteiger partial charge in [0.15, 0.2) is 0 Å². The van der Waals surface area contributed by atoms with Crippen LogP contribution in [0.4, 0.5) is 11.4 Å². The van der Waals surface area contributed by atoms with Gasteiger partial charge in [0.1, 0.15) is 6.54 Å². The second-order valence-corrected chi connectivity index (χ2v) is 8.35. The number of rotatable bonds is 4. The third-order valence-electron chi connectivity index (χ3n) is 6.42. The first-order valence-electron chi connectivity index (χ1n) is 10.7. The number of fused-ring (bicyclic) bond motifs is 2. The van der Waals surface area contributed by atoms with Crippen molar-refractivity contribution in [1.29, 1.82) is 0 Å². The third kappa shape index (κ3) is 3.19. The van der Waals surface area contributed by atoms with Gasteiger partial charge in [0.25, 0.3) is 11.8 Å². The van der Waals surface area contributed by atoms with Crippen molar-refractivity contribution in [1.82, 2.24) is 4.90 Å². The Morgan fingerprint density at radius 2 is 1.44 bits per heavy atom. The number of carbonyl (C=O) groups is 5. The molecule has 2 fully saturated rings. The van der Waals surface area contributed by atoms with E-state index in [1.54, 1.807) is 42.5 Å². The van der Waals surface area contributed by atoms with Gasteiger partial charge in [0, 0.05) is 5.69 Å². The number of likely N-dealkylation sites (tertiary alicyclic amines) is 1. The zero-order valence-corrected chi connectivity index (χ0v) is 17.2. The normalized spacial score (nSPS) is 22.2. The van der Waals surface area contributed by atoms with E-state index >= 15 is 0 Å². The Kier molecular flexibility index (Phi) is 4.84. The molecule has 0 aromatic heterocycles. The lowest BCUT2D eigenvalue weighted by Gasteiger charge is -2.19. The molecule has 1 N–H and O–H groups in total. The quantitative estimate of drug-likeness (QED) is 0.750. The highest BCUT2D eigenvalue weighted by Crippen LogP contribution is 2.38. The number of imide groups is 2. The van der Waals surface area contributed by atoms with E-state index in [0.29, 0.717) is 35.3 Å². The summed E-state index contributed by atoms with van der Waals surface area (Å²) in [6.07, 6.45) is 3.22. The predicted octanol–water partition coefficient (Wildman–Crippen LogP) is 2.60. The molecule has 0 radical (unpaired) electrons. The summed E-state index contributed by atoms with van der Waals surface area (Å²) in [4.78, 5) is 65.3. The lowest BCUT2D eigenvalue weighted by molar-refractivity contribution is -0.142. The maximum atomic E-state index is 12.7. The minimum Gasteiger partial charge on any atom is -0.324 e. The fourth-order valence-corrected chi connectivity index (χ4v) is 4.88. The number of nitrogens with zero attached hydrogens (tertiary/aromatic N) is 2. The summed E-state index contributed by atoms with van der Waals surface area (Å²) in [5, 5.41) is 2.67. The van der Waals surface area contributed by atoms with Gasteiger partial charge in [-0.05, 0) is 43.2 Å². The highest BCUT2D eigenvalue weighted by atomic mass is 16.2. The Hall–Kier alpha value is -3.81. The van der Waals surface area contributed by atoms with Crippen molar-refractivity contribution >= 4 is 40.9 Å². The summed E-state index contributed by atoms with van der Waals surface area (Å²) in [6, 6.07) is 13.0. The number of nitrogens with one attached hydrogen (secondary N) is 1. The number of carbonyl (C=O) groups excluding carboxylic acids is 5. The molecule has 2 aromatic rings. The van der Waals surface area contributed by atoms with Crippen LogP contribution in [0.5, 0.6) is 0 Å². The van der Waals surface area contributed by atoms with Gasteiger partial charge >= 0.3 is 0 Å². The van der Waals surface area contributed by atoms with Crippen LogP contribution in [-0.2, 0) is 14.4 Å². The maximum absolute atomic E-state index is 12.7. The van der Waals surface area contributed by atoms with Crippen LogP contribution in [0.2, 0.25) is 0 Å². The highest BCUT2D eigenvalue weighted by molar-refractivity contribution is 6.34. The van der Waals surface area contributed by atoms with Gasteiger partial charge in [-0.2, -0.15) is 0 Å². The molecule has 32 heavy (non-hydrogen) atoms. The van der Waals surface area contributed by atoms with Crippen LogP contribution >= 0.6 is 0 Å². The standard InChI is InChI=1S/C24H21N3O5/c28-20(13-26-21(29)16-8-1-2-9-17(16)22(26)30)25-14-6-5-7-15(12-14)27-23(31)18-10-3-4-11-19(18)24(27)32/h3-7,10-12,16-17H,1-2,8-9,13H2,(H,25,28). The fraction of sp³-hybridized carbons (Fsp3) is 0.292. The van der Waals surface area contributed by atoms with E-state index in [4.69, 9.17) is 0 Å². The first kappa shape index (κ1) is 20.1. The Morgan fingerprint density at radius 1 is 0.844 bits per heavy atom. The number of hydrogen-bond donors (Lipinski definition) is 1. The average Bonchev–Trinajstić information content (AvgIpc) is 3.20. The molecular weight excluding hydrogens is 410 g/mol. The van der Waals surface area contributed by atoms with Crippen LogP contribution in [-0.4, -0.2) is 41.0 Å². The predicted molar refractivity (Wildman–Crippen MR) is 115 cm³/mol. The molecule has 2 atom stereocenters. The Balaban J connectivity index is 1.30. The summed E-state index contributed by atoms with van der Waals surface area (Å²) < 4.78 is 0. The van der Waals surface area contributed by atoms with Crippen LogP contribution < -0.4 is 10.2 Å². The SMILES string of the molecule is O=C(CN1C(=O)C2CCCCC2C1=O)Nc1cccc(N2C(=O)c3ccccc3C2=O)c1. The Morgan fingerprint density at radius 3 is 2.03 bits per heavy atom. The minimum absolute atomic E-state index is 0.269. The average molecular weight is 431 g/mol. The molecule has 2 aromatic carbocycles. The topological polar surface area (TPSA) is 104 Å². The lowest BCUT2D eigenvalue weighted by atomic mass is 9.81. The van der Waals surface area contributed by atoms with Crippen LogP contribution in [0.25, 0.3) is 0 Å². The minimum atomic E-state index is -0.509. The molecular formula is C24H21N3O5. The van der Waals surface area contributed by atoms with Crippen LogP contribution in [0.3, 0.4) is 0 Å². The van der Waals surface area contributed by atoms with Crippen molar-refractivity contribution in [2.75, 3.05) is 16.8 Å². The molecule has 0 spiro atoms. The van der Waals surface area contributed by atoms with E-state index in [-0.39, 0.29) is 30.2 Å². The van der Waals surface area contributed by atoms with Crippen molar-refractivity contribution in [2.45, 2.75) is 25.7 Å². The molecule has 1 aliphatic carbocycles. The van der Waals surface area contributed by atoms with Crippen molar-refractivity contribution in [3.8, 4) is 0 Å². The fourth-order valence-electron chi connectivity index (χ4n) is 4.88. The summed E-state index contributed by atoms with van der Waals surface area (Å²) >= 11 is 0. The molecule has 2 aliphatic heterocycles. The molecule has 2 unspecified atom stereocenters. The number of hydrogen-bond acceptors (Lipinski definition) is 5. The van der Waals surface area contributed by atoms with E-state index in [2.05, 4.69) is 5.32 Å². The van der Waals surface area contributed by atoms with E-state index < -0.39 is 17.7 Å². The van der Waals surface area contributed by atoms with Gasteiger partial charge in [-0.3, -0.25) is 28.9 Å². The monoisotopic (exact) mass is 431 g/mol. The lowest BCUT2D eigenvalue weighted by Crippen LogP contribution is -2.38. The molecule has 5 rings (SSSR count). The van der Waals surface area contributed by atoms with Crippen LogP contribution in [0.1, 0.15) is 46.4 Å². The Bertz CT molecular complexity index is 1110. The molecule has 5 amide bonds. The molecule has 8 heteroatoms. The number of benzene rings is 2. The summed E-state index contributed by atoms with van der Waals surface area (Å²) in [5.41, 5.74) is 1.35. The molecule has 1 saturated carbocycles. The number of amides is 5. The van der Waals surface area contributed by atoms with Gasteiger partial charge in [0.2, 0.25) is 17.7 Å². The van der Waals surface area contributed by atoms with Crippen molar-refractivity contribution < 1.29 is 24.0 Å². The second-order valence-electron chi connectivity index (χ2n) is 8.35. The van der Waals surface area contributed by atoms with Crippen molar-refractivity contribution in [3.05, 3.63) is 59.7 Å². The molecule has 3 aliphatic rings. The third-order valence-corrected chi connectivity index (χ3v) is 6.42. The van der Waals surface area contributed by atoms with Crippen molar-refractivity contribution in [3.63, 3.8) is 0 Å². The van der Waals surface area contributed by atoms with E-state index in [0.717, 1.165) is 22.6 Å². The zero-order chi connectivity index (χ0) is 22.4. The van der Waals surface area contributed by atoms with Crippen molar-refractivity contribution in [2.24, 2.45) is 11.8 Å². The first-order chi connectivity index (χ1) is 15.5. The van der Waals surface area contributed by atoms with Gasteiger partial charge in [-0.1, -0.05) is 31.0 Å². The van der Waals surface area contributed by atoms with Crippen LogP contribution in [0.15, 0.2) is 48.5 Å². The molecule has 1 saturated heterocycles. The zero-order valence-electron chi connectivity index (χ0n) is 17.2. The first-order valence-corrected chi connectivity index (χ1v) is 10.7. The number of anilines is 2. The molecule has 0 bridgehead atoms. The maximum Gasteiger partial charge on any atom is 0.266 e. The summed E-state index contributed by atoms with van der Waals surface area (Å²) in [6.45, 7) is -0.345. The summed E-state index contributed by atoms with van der Waals surface area (Å²) in [5.74, 6) is -2.51. The Labute approximate surface area is 184 Å². The second kappa shape index (κ2) is 7.71. The van der Waals surface area contributed by atoms with E-state index in [9.17, 15) is 24.0 Å². The van der Waals surface area contributed by atoms with E-state index in [1.807, 2.05) is 0 Å². The van der Waals surface area contributed by atoms with Gasteiger partial charge in [0.05, 0.1) is 28.7 Å².